The molecule has 10 heteroatoms. The molecule has 0 spiro atoms. The van der Waals surface area contributed by atoms with Crippen molar-refractivity contribution in [2.24, 2.45) is 0 Å². The third-order valence-electron chi connectivity index (χ3n) is 4.16. The lowest BCUT2D eigenvalue weighted by Crippen LogP contribution is -2.24. The van der Waals surface area contributed by atoms with Gasteiger partial charge in [-0.1, -0.05) is 23.9 Å². The zero-order valence-electron chi connectivity index (χ0n) is 14.5. The highest BCUT2D eigenvalue weighted by Gasteiger charge is 2.36. The summed E-state index contributed by atoms with van der Waals surface area (Å²) in [5.41, 5.74) is 1.33. The molecule has 0 fully saturated rings. The van der Waals surface area contributed by atoms with Gasteiger partial charge in [-0.05, 0) is 30.3 Å². The van der Waals surface area contributed by atoms with Crippen LogP contribution in [0.5, 0.6) is 0 Å². The van der Waals surface area contributed by atoms with Crippen molar-refractivity contribution in [3.8, 4) is 0 Å². The van der Waals surface area contributed by atoms with Crippen LogP contribution in [0.1, 0.15) is 31.3 Å². The summed E-state index contributed by atoms with van der Waals surface area (Å²) >= 11 is 2.22. The molecule has 2 N–H and O–H groups in total. The second-order valence-corrected chi connectivity index (χ2v) is 8.09. The molecular weight excluding hydrogens is 423 g/mol. The lowest BCUT2D eigenvalue weighted by atomic mass is 10.1. The first-order chi connectivity index (χ1) is 13.8. The van der Waals surface area contributed by atoms with Gasteiger partial charge in [0.2, 0.25) is 0 Å². The molecule has 29 heavy (non-hydrogen) atoms. The van der Waals surface area contributed by atoms with Crippen LogP contribution in [0, 0.1) is 0 Å². The van der Waals surface area contributed by atoms with Crippen LogP contribution in [0.3, 0.4) is 0 Å². The second kappa shape index (κ2) is 7.53. The van der Waals surface area contributed by atoms with Crippen LogP contribution in [0.2, 0.25) is 0 Å². The van der Waals surface area contributed by atoms with Gasteiger partial charge in [0.15, 0.2) is 5.69 Å². The van der Waals surface area contributed by atoms with Gasteiger partial charge in [0.05, 0.1) is 28.2 Å². The number of fused-ring (bicyclic) bond motifs is 2. The molecule has 4 rings (SSSR count). The molecule has 148 valence electrons. The van der Waals surface area contributed by atoms with Crippen LogP contribution >= 0.6 is 23.1 Å². The van der Waals surface area contributed by atoms with Crippen molar-refractivity contribution in [2.45, 2.75) is 22.5 Å². The van der Waals surface area contributed by atoms with Gasteiger partial charge in [-0.3, -0.25) is 9.59 Å². The van der Waals surface area contributed by atoms with Crippen molar-refractivity contribution < 1.29 is 22.8 Å². The summed E-state index contributed by atoms with van der Waals surface area (Å²) in [5.74, 6) is -0.834. The van der Waals surface area contributed by atoms with Gasteiger partial charge in [0, 0.05) is 15.4 Å². The molecule has 3 aromatic rings. The molecule has 0 atom stereocenters. The van der Waals surface area contributed by atoms with E-state index in [1.165, 1.54) is 17.8 Å². The standard InChI is InChI=1S/C19H12F3N3O2S2/c20-19(21,22)16-15(28-9-24-16)8-23-17(26)10-5-6-14-12(7-10)25-18(27)11-3-1-2-4-13(11)29-14/h1-7,9H,8H2,(H,23,26)(H,25,27). The highest BCUT2D eigenvalue weighted by molar-refractivity contribution is 7.99. The molecular formula is C19H12F3N3O2S2. The van der Waals surface area contributed by atoms with Crippen LogP contribution < -0.4 is 10.6 Å². The third-order valence-corrected chi connectivity index (χ3v) is 6.15. The van der Waals surface area contributed by atoms with E-state index in [0.29, 0.717) is 11.3 Å². The number of carbonyl (C=O) groups excluding carboxylic acids is 2. The summed E-state index contributed by atoms with van der Waals surface area (Å²) in [7, 11) is 0. The molecule has 0 bridgehead atoms. The summed E-state index contributed by atoms with van der Waals surface area (Å²) in [6.45, 7) is -0.290. The monoisotopic (exact) mass is 435 g/mol. The number of carbonyl (C=O) groups is 2. The van der Waals surface area contributed by atoms with Crippen LogP contribution in [-0.4, -0.2) is 16.8 Å². The minimum atomic E-state index is -4.57. The first-order valence-corrected chi connectivity index (χ1v) is 10.0. The Morgan fingerprint density at radius 2 is 1.93 bits per heavy atom. The fourth-order valence-corrected chi connectivity index (χ4v) is 4.53. The number of nitrogens with zero attached hydrogens (tertiary/aromatic N) is 1. The number of rotatable bonds is 3. The molecule has 2 amide bonds. The Kier molecular flexibility index (Phi) is 5.05. The molecule has 1 aliphatic heterocycles. The Hall–Kier alpha value is -2.85. The molecule has 1 aromatic heterocycles. The van der Waals surface area contributed by atoms with Gasteiger partial charge in [0.1, 0.15) is 0 Å². The van der Waals surface area contributed by atoms with Gasteiger partial charge < -0.3 is 10.6 Å². The molecule has 0 radical (unpaired) electrons. The molecule has 5 nitrogen and oxygen atoms in total. The average molecular weight is 435 g/mol. The van der Waals surface area contributed by atoms with Crippen molar-refractivity contribution in [1.29, 1.82) is 0 Å². The summed E-state index contributed by atoms with van der Waals surface area (Å²) in [6.07, 6.45) is -4.57. The number of amides is 2. The second-order valence-electron chi connectivity index (χ2n) is 6.07. The number of hydrogen-bond donors (Lipinski definition) is 2. The summed E-state index contributed by atoms with van der Waals surface area (Å²) in [4.78, 5) is 29.7. The number of alkyl halides is 3. The van der Waals surface area contributed by atoms with Gasteiger partial charge in [-0.25, -0.2) is 4.98 Å². The minimum absolute atomic E-state index is 0.0695. The fraction of sp³-hybridized carbons (Fsp3) is 0.105. The number of thiazole rings is 1. The lowest BCUT2D eigenvalue weighted by molar-refractivity contribution is -0.141. The zero-order chi connectivity index (χ0) is 20.6. The maximum Gasteiger partial charge on any atom is 0.434 e. The summed E-state index contributed by atoms with van der Waals surface area (Å²) in [5, 5.41) is 5.25. The molecule has 1 aliphatic rings. The molecule has 0 unspecified atom stereocenters. The van der Waals surface area contributed by atoms with E-state index in [2.05, 4.69) is 15.6 Å². The predicted octanol–water partition coefficient (Wildman–Crippen LogP) is 4.81. The van der Waals surface area contributed by atoms with Gasteiger partial charge in [-0.2, -0.15) is 13.2 Å². The van der Waals surface area contributed by atoms with Crippen molar-refractivity contribution in [3.05, 3.63) is 69.7 Å². The third kappa shape index (κ3) is 3.99. The van der Waals surface area contributed by atoms with E-state index >= 15 is 0 Å². The van der Waals surface area contributed by atoms with E-state index in [1.54, 1.807) is 24.3 Å². The topological polar surface area (TPSA) is 71.1 Å². The maximum absolute atomic E-state index is 12.9. The molecule has 0 saturated carbocycles. The van der Waals surface area contributed by atoms with Crippen LogP contribution in [0.4, 0.5) is 18.9 Å². The zero-order valence-corrected chi connectivity index (χ0v) is 16.2. The molecule has 2 heterocycles. The van der Waals surface area contributed by atoms with E-state index in [1.807, 2.05) is 12.1 Å². The number of benzene rings is 2. The maximum atomic E-state index is 12.9. The van der Waals surface area contributed by atoms with Crippen molar-refractivity contribution >= 4 is 40.6 Å². The Balaban J connectivity index is 1.53. The van der Waals surface area contributed by atoms with Crippen molar-refractivity contribution in [3.63, 3.8) is 0 Å². The van der Waals surface area contributed by atoms with Crippen molar-refractivity contribution in [2.75, 3.05) is 5.32 Å². The smallest absolute Gasteiger partial charge is 0.347 e. The van der Waals surface area contributed by atoms with E-state index in [4.69, 9.17) is 0 Å². The van der Waals surface area contributed by atoms with Crippen LogP contribution in [0.15, 0.2) is 57.8 Å². The summed E-state index contributed by atoms with van der Waals surface area (Å²) in [6, 6.07) is 11.9. The number of halogens is 3. The van der Waals surface area contributed by atoms with Crippen LogP contribution in [0.25, 0.3) is 0 Å². The summed E-state index contributed by atoms with van der Waals surface area (Å²) < 4.78 is 38.7. The lowest BCUT2D eigenvalue weighted by Gasteiger charge is -2.10. The van der Waals surface area contributed by atoms with E-state index < -0.39 is 17.8 Å². The Labute approximate surface area is 171 Å². The highest BCUT2D eigenvalue weighted by Crippen LogP contribution is 2.39. The number of anilines is 1. The Morgan fingerprint density at radius 1 is 1.14 bits per heavy atom. The normalized spacial score (nSPS) is 13.1. The predicted molar refractivity (Wildman–Crippen MR) is 103 cm³/mol. The van der Waals surface area contributed by atoms with E-state index in [-0.39, 0.29) is 22.9 Å². The number of nitrogens with one attached hydrogen (secondary N) is 2. The number of hydrogen-bond acceptors (Lipinski definition) is 5. The first-order valence-electron chi connectivity index (χ1n) is 8.33. The molecule has 2 aromatic carbocycles. The largest absolute Gasteiger partial charge is 0.434 e. The fourth-order valence-electron chi connectivity index (χ4n) is 2.80. The average Bonchev–Trinajstić information content (AvgIpc) is 3.11. The SMILES string of the molecule is O=C(NCc1scnc1C(F)(F)F)c1ccc2c(c1)NC(=O)c1ccccc1S2. The minimum Gasteiger partial charge on any atom is -0.347 e. The van der Waals surface area contributed by atoms with E-state index in [0.717, 1.165) is 26.6 Å². The van der Waals surface area contributed by atoms with Gasteiger partial charge >= 0.3 is 6.18 Å². The highest BCUT2D eigenvalue weighted by atomic mass is 32.2. The number of aromatic nitrogens is 1. The van der Waals surface area contributed by atoms with Crippen LogP contribution in [-0.2, 0) is 12.7 Å². The van der Waals surface area contributed by atoms with Gasteiger partial charge in [0.25, 0.3) is 11.8 Å². The Bertz CT molecular complexity index is 1110. The molecule has 0 aliphatic carbocycles. The van der Waals surface area contributed by atoms with E-state index in [9.17, 15) is 22.8 Å². The Morgan fingerprint density at radius 3 is 2.72 bits per heavy atom. The first kappa shape index (κ1) is 19.5. The quantitative estimate of drug-likeness (QED) is 0.620. The van der Waals surface area contributed by atoms with Gasteiger partial charge in [-0.15, -0.1) is 11.3 Å². The molecule has 0 saturated heterocycles. The van der Waals surface area contributed by atoms with Crippen molar-refractivity contribution in [1.82, 2.24) is 10.3 Å².